The number of halogens is 1. The molecule has 6 nitrogen and oxygen atoms in total. The molecular formula is C13H18ClN5O. The van der Waals surface area contributed by atoms with Crippen molar-refractivity contribution in [2.45, 2.75) is 33.0 Å². The van der Waals surface area contributed by atoms with Crippen molar-refractivity contribution in [1.29, 1.82) is 0 Å². The van der Waals surface area contributed by atoms with Crippen molar-refractivity contribution in [3.05, 3.63) is 34.3 Å². The van der Waals surface area contributed by atoms with Gasteiger partial charge in [-0.2, -0.15) is 10.1 Å². The lowest BCUT2D eigenvalue weighted by atomic mass is 10.2. The van der Waals surface area contributed by atoms with Crippen LogP contribution in [0.3, 0.4) is 0 Å². The molecule has 1 aliphatic heterocycles. The molecule has 0 atom stereocenters. The molecule has 0 amide bonds. The van der Waals surface area contributed by atoms with Gasteiger partial charge in [-0.05, 0) is 38.0 Å². The third kappa shape index (κ3) is 3.02. The number of nitrogens with two attached hydrogens (primary N) is 2. The maximum Gasteiger partial charge on any atom is 0.226 e. The maximum atomic E-state index is 6.17. The third-order valence-electron chi connectivity index (χ3n) is 2.88. The molecule has 0 saturated heterocycles. The number of hydrogen-bond acceptors (Lipinski definition) is 6. The summed E-state index contributed by atoms with van der Waals surface area (Å²) in [6, 6.07) is 5.77. The Bertz CT molecular complexity index is 582. The largest absolute Gasteiger partial charge is 0.368 e. The number of aliphatic imine (C=N–C) groups is 2. The Kier molecular flexibility index (Phi) is 3.87. The average molecular weight is 296 g/mol. The summed E-state index contributed by atoms with van der Waals surface area (Å²) in [5, 5.41) is 2.08. The Hall–Kier alpha value is -1.79. The molecule has 0 unspecified atom stereocenters. The molecule has 0 fully saturated rings. The molecule has 1 aromatic rings. The molecule has 0 bridgehead atoms. The lowest BCUT2D eigenvalue weighted by molar-refractivity contribution is -0.166. The Morgan fingerprint density at radius 2 is 2.05 bits per heavy atom. The lowest BCUT2D eigenvalue weighted by Crippen LogP contribution is -2.53. The van der Waals surface area contributed by atoms with E-state index in [1.165, 1.54) is 5.06 Å². The number of guanidine groups is 2. The van der Waals surface area contributed by atoms with Gasteiger partial charge in [0, 0.05) is 5.02 Å². The van der Waals surface area contributed by atoms with Gasteiger partial charge in [0.05, 0.1) is 0 Å². The zero-order valence-corrected chi connectivity index (χ0v) is 12.5. The van der Waals surface area contributed by atoms with Gasteiger partial charge in [-0.1, -0.05) is 23.7 Å². The normalized spacial score (nSPS) is 17.7. The molecular weight excluding hydrogens is 278 g/mol. The molecule has 2 rings (SSSR count). The predicted octanol–water partition coefficient (Wildman–Crippen LogP) is 1.76. The van der Waals surface area contributed by atoms with E-state index >= 15 is 0 Å². The fourth-order valence-electron chi connectivity index (χ4n) is 1.92. The number of hydrogen-bond donors (Lipinski definition) is 2. The van der Waals surface area contributed by atoms with Crippen LogP contribution in [0.1, 0.15) is 25.0 Å². The van der Waals surface area contributed by atoms with Gasteiger partial charge in [0.15, 0.2) is 5.66 Å². The van der Waals surface area contributed by atoms with Crippen molar-refractivity contribution in [3.63, 3.8) is 0 Å². The summed E-state index contributed by atoms with van der Waals surface area (Å²) in [4.78, 5) is 13.8. The lowest BCUT2D eigenvalue weighted by Gasteiger charge is -2.36. The molecule has 1 aromatic carbocycles. The fraction of sp³-hybridized carbons (Fsp3) is 0.385. The van der Waals surface area contributed by atoms with Crippen LogP contribution in [-0.4, -0.2) is 22.6 Å². The third-order valence-corrected chi connectivity index (χ3v) is 3.23. The zero-order chi connectivity index (χ0) is 14.9. The summed E-state index contributed by atoms with van der Waals surface area (Å²) in [5.41, 5.74) is 12.7. The topological polar surface area (TPSA) is 89.2 Å². The van der Waals surface area contributed by atoms with Crippen LogP contribution in [0.15, 0.2) is 28.2 Å². The molecule has 0 aromatic heterocycles. The number of rotatable bonds is 3. The molecule has 0 spiro atoms. The van der Waals surface area contributed by atoms with Gasteiger partial charge in [-0.3, -0.25) is 4.84 Å². The first-order chi connectivity index (χ1) is 9.29. The molecule has 0 aliphatic carbocycles. The second kappa shape index (κ2) is 5.30. The molecule has 4 N–H and O–H groups in total. The van der Waals surface area contributed by atoms with E-state index in [0.29, 0.717) is 5.02 Å². The van der Waals surface area contributed by atoms with Crippen LogP contribution < -0.4 is 11.5 Å². The summed E-state index contributed by atoms with van der Waals surface area (Å²) in [6.45, 7) is 5.91. The second-order valence-corrected chi connectivity index (χ2v) is 5.50. The molecule has 0 saturated carbocycles. The second-order valence-electron chi connectivity index (χ2n) is 5.10. The Labute approximate surface area is 123 Å². The maximum absolute atomic E-state index is 6.17. The standard InChI is InChI=1S/C13H18ClN5O/c1-8-4-5-9(10(14)6-8)7-20-19-12(16)17-11(15)18-13(19,2)3/h4-6H,7H2,1-3H3,(H4,15,16,17,18). The van der Waals surface area contributed by atoms with E-state index in [1.54, 1.807) is 0 Å². The quantitative estimate of drug-likeness (QED) is 0.889. The van der Waals surface area contributed by atoms with Crippen molar-refractivity contribution in [1.82, 2.24) is 5.06 Å². The van der Waals surface area contributed by atoms with Gasteiger partial charge in [-0.15, -0.1) is 0 Å². The minimum atomic E-state index is -0.715. The van der Waals surface area contributed by atoms with E-state index in [0.717, 1.165) is 11.1 Å². The molecule has 20 heavy (non-hydrogen) atoms. The smallest absolute Gasteiger partial charge is 0.226 e. The van der Waals surface area contributed by atoms with E-state index in [-0.39, 0.29) is 18.5 Å². The summed E-state index contributed by atoms with van der Waals surface area (Å²) in [5.74, 6) is 0.312. The van der Waals surface area contributed by atoms with Gasteiger partial charge in [0.25, 0.3) is 0 Å². The highest BCUT2D eigenvalue weighted by molar-refractivity contribution is 6.31. The van der Waals surface area contributed by atoms with Crippen molar-refractivity contribution < 1.29 is 4.84 Å². The highest BCUT2D eigenvalue weighted by Crippen LogP contribution is 2.23. The number of nitrogens with zero attached hydrogens (tertiary/aromatic N) is 3. The van der Waals surface area contributed by atoms with Gasteiger partial charge in [-0.25, -0.2) is 4.99 Å². The highest BCUT2D eigenvalue weighted by atomic mass is 35.5. The number of benzene rings is 1. The minimum Gasteiger partial charge on any atom is -0.368 e. The fourth-order valence-corrected chi connectivity index (χ4v) is 2.21. The molecule has 1 aliphatic rings. The van der Waals surface area contributed by atoms with E-state index in [1.807, 2.05) is 39.0 Å². The average Bonchev–Trinajstić information content (AvgIpc) is 2.29. The van der Waals surface area contributed by atoms with Crippen LogP contribution in [0.25, 0.3) is 0 Å². The van der Waals surface area contributed by atoms with Gasteiger partial charge < -0.3 is 11.5 Å². The van der Waals surface area contributed by atoms with E-state index < -0.39 is 5.66 Å². The van der Waals surface area contributed by atoms with E-state index in [4.69, 9.17) is 27.9 Å². The number of hydroxylamine groups is 2. The first-order valence-corrected chi connectivity index (χ1v) is 6.55. The monoisotopic (exact) mass is 295 g/mol. The summed E-state index contributed by atoms with van der Waals surface area (Å²) in [7, 11) is 0. The molecule has 7 heteroatoms. The van der Waals surface area contributed by atoms with E-state index in [9.17, 15) is 0 Å². The summed E-state index contributed by atoms with van der Waals surface area (Å²) >= 11 is 6.17. The van der Waals surface area contributed by atoms with Gasteiger partial charge in [0.2, 0.25) is 11.9 Å². The zero-order valence-electron chi connectivity index (χ0n) is 11.7. The van der Waals surface area contributed by atoms with Gasteiger partial charge >= 0.3 is 0 Å². The number of aryl methyl sites for hydroxylation is 1. The van der Waals surface area contributed by atoms with Gasteiger partial charge in [0.1, 0.15) is 6.61 Å². The van der Waals surface area contributed by atoms with E-state index in [2.05, 4.69) is 9.98 Å². The highest BCUT2D eigenvalue weighted by Gasteiger charge is 2.33. The first kappa shape index (κ1) is 14.6. The Morgan fingerprint density at radius 1 is 1.35 bits per heavy atom. The SMILES string of the molecule is Cc1ccc(CON2C(N)=NC(N)=NC2(C)C)c(Cl)c1. The Morgan fingerprint density at radius 3 is 2.65 bits per heavy atom. The molecule has 108 valence electrons. The van der Waals surface area contributed by atoms with Crippen LogP contribution in [0.4, 0.5) is 0 Å². The van der Waals surface area contributed by atoms with Crippen molar-refractivity contribution >= 4 is 23.5 Å². The predicted molar refractivity (Wildman–Crippen MR) is 80.1 cm³/mol. The van der Waals surface area contributed by atoms with Crippen molar-refractivity contribution in [2.24, 2.45) is 21.5 Å². The van der Waals surface area contributed by atoms with Crippen LogP contribution >= 0.6 is 11.6 Å². The Balaban J connectivity index is 2.13. The van der Waals surface area contributed by atoms with Crippen molar-refractivity contribution in [2.75, 3.05) is 0 Å². The molecule has 1 heterocycles. The summed E-state index contributed by atoms with van der Waals surface area (Å²) < 4.78 is 0. The van der Waals surface area contributed by atoms with Crippen molar-refractivity contribution in [3.8, 4) is 0 Å². The molecule has 0 radical (unpaired) electrons. The summed E-state index contributed by atoms with van der Waals surface area (Å²) in [6.07, 6.45) is 0. The first-order valence-electron chi connectivity index (χ1n) is 6.17. The van der Waals surface area contributed by atoms with Crippen LogP contribution in [-0.2, 0) is 11.4 Å². The van der Waals surface area contributed by atoms with Crippen LogP contribution in [0, 0.1) is 6.92 Å². The minimum absolute atomic E-state index is 0.140. The van der Waals surface area contributed by atoms with Crippen LogP contribution in [0.2, 0.25) is 5.02 Å². The van der Waals surface area contributed by atoms with Crippen LogP contribution in [0.5, 0.6) is 0 Å².